The van der Waals surface area contributed by atoms with Crippen molar-refractivity contribution in [3.05, 3.63) is 65.7 Å². The summed E-state index contributed by atoms with van der Waals surface area (Å²) in [5.74, 6) is 0.383. The first-order valence-corrected chi connectivity index (χ1v) is 10.9. The Bertz CT molecular complexity index is 1260. The Kier molecular flexibility index (Phi) is 6.28. The Morgan fingerprint density at radius 3 is 2.54 bits per heavy atom. The maximum absolute atomic E-state index is 13.5. The van der Waals surface area contributed by atoms with E-state index in [1.807, 2.05) is 31.7 Å². The first-order valence-electron chi connectivity index (χ1n) is 10.9. The number of halogens is 2. The number of allylic oxidation sites excluding steroid dienone is 2. The number of hydrogen-bond acceptors (Lipinski definition) is 8. The predicted octanol–water partition coefficient (Wildman–Crippen LogP) is 3.48. The summed E-state index contributed by atoms with van der Waals surface area (Å²) < 4.78 is 39.1. The van der Waals surface area contributed by atoms with Crippen LogP contribution in [0.1, 0.15) is 20.8 Å². The van der Waals surface area contributed by atoms with Gasteiger partial charge in [0.1, 0.15) is 5.82 Å². The molecule has 9 nitrogen and oxygen atoms in total. The van der Waals surface area contributed by atoms with Crippen molar-refractivity contribution in [1.82, 2.24) is 14.7 Å². The number of aromatic nitrogens is 2. The Hall–Kier alpha value is -3.86. The van der Waals surface area contributed by atoms with Gasteiger partial charge in [0, 0.05) is 43.4 Å². The van der Waals surface area contributed by atoms with Crippen LogP contribution in [0, 0.1) is 0 Å². The van der Waals surface area contributed by atoms with Crippen LogP contribution in [0.5, 0.6) is 5.75 Å². The second-order valence-electron chi connectivity index (χ2n) is 8.94. The lowest BCUT2D eigenvalue weighted by molar-refractivity contribution is -0.0494. The first kappa shape index (κ1) is 24.3. The lowest BCUT2D eigenvalue weighted by Gasteiger charge is -2.40. The van der Waals surface area contributed by atoms with Gasteiger partial charge in [-0.1, -0.05) is 6.07 Å². The molecule has 0 saturated carbocycles. The van der Waals surface area contributed by atoms with E-state index < -0.39 is 12.2 Å². The molecule has 0 radical (unpaired) electrons. The van der Waals surface area contributed by atoms with E-state index in [4.69, 9.17) is 20.9 Å². The second kappa shape index (κ2) is 9.06. The number of alkyl halides is 2. The fourth-order valence-electron chi connectivity index (χ4n) is 4.03. The molecule has 1 aromatic carbocycles. The number of rotatable bonds is 7. The van der Waals surface area contributed by atoms with E-state index >= 15 is 0 Å². The molecule has 2 aliphatic heterocycles. The van der Waals surface area contributed by atoms with E-state index in [9.17, 15) is 8.78 Å². The van der Waals surface area contributed by atoms with Gasteiger partial charge in [0.15, 0.2) is 5.75 Å². The number of benzene rings is 1. The van der Waals surface area contributed by atoms with Gasteiger partial charge >= 0.3 is 6.61 Å². The van der Waals surface area contributed by atoms with E-state index in [1.165, 1.54) is 11.0 Å². The second-order valence-corrected chi connectivity index (χ2v) is 8.94. The van der Waals surface area contributed by atoms with Crippen LogP contribution in [0.4, 0.5) is 14.5 Å². The molecular formula is C24H29F2N7O2. The molecule has 2 aromatic rings. The standard InChI is InChI=1S/C24H29F2N7O2/c1-14-8-16-10-29-23(28)33(20(16)21(27)32(14)13-24(2,3)34-5)18-7-6-15(9-19(18)35-22(25)26)17-11-30-31(4)12-17/h6-12,22H,13,27H2,1-5H3,(H2,28,29). The zero-order valence-electron chi connectivity index (χ0n) is 20.3. The van der Waals surface area contributed by atoms with Crippen molar-refractivity contribution in [2.75, 3.05) is 18.6 Å². The van der Waals surface area contributed by atoms with Gasteiger partial charge in [0.2, 0.25) is 5.96 Å². The number of ether oxygens (including phenoxy) is 2. The fourth-order valence-corrected chi connectivity index (χ4v) is 4.03. The lowest BCUT2D eigenvalue weighted by atomic mass is 10.0. The third kappa shape index (κ3) is 4.72. The molecule has 11 heteroatoms. The SMILES string of the molecule is COC(C)(C)CN1C(C)=CC2=CN=C(N)N(c3ccc(-c4cnn(C)c4)cc3OC(F)F)C2=C1N. The van der Waals surface area contributed by atoms with E-state index in [-0.39, 0.29) is 17.4 Å². The van der Waals surface area contributed by atoms with Gasteiger partial charge in [-0.25, -0.2) is 4.99 Å². The van der Waals surface area contributed by atoms with Crippen molar-refractivity contribution in [3.63, 3.8) is 0 Å². The number of nitrogens with two attached hydrogens (primary N) is 2. The number of aryl methyl sites for hydroxylation is 1. The molecule has 4 rings (SSSR count). The molecule has 0 fully saturated rings. The molecule has 186 valence electrons. The van der Waals surface area contributed by atoms with Crippen molar-refractivity contribution < 1.29 is 18.3 Å². The van der Waals surface area contributed by atoms with E-state index in [0.29, 0.717) is 29.2 Å². The Morgan fingerprint density at radius 1 is 1.17 bits per heavy atom. The Balaban J connectivity index is 1.84. The Labute approximate surface area is 202 Å². The number of nitrogens with zero attached hydrogens (tertiary/aromatic N) is 5. The van der Waals surface area contributed by atoms with Crippen LogP contribution in [-0.4, -0.2) is 46.5 Å². The topological polar surface area (TPSA) is 107 Å². The minimum Gasteiger partial charge on any atom is -0.433 e. The van der Waals surface area contributed by atoms with Crippen LogP contribution < -0.4 is 21.1 Å². The van der Waals surface area contributed by atoms with E-state index in [2.05, 4.69) is 10.1 Å². The number of fused-ring (bicyclic) bond motifs is 1. The van der Waals surface area contributed by atoms with Gasteiger partial charge in [-0.3, -0.25) is 9.58 Å². The number of methoxy groups -OCH3 is 1. The molecule has 0 bridgehead atoms. The molecule has 0 saturated heterocycles. The summed E-state index contributed by atoms with van der Waals surface area (Å²) in [7, 11) is 3.41. The number of guanidine groups is 1. The van der Waals surface area contributed by atoms with Crippen LogP contribution in [0.3, 0.4) is 0 Å². The average Bonchev–Trinajstić information content (AvgIpc) is 3.23. The molecule has 1 aromatic heterocycles. The van der Waals surface area contributed by atoms with E-state index in [1.54, 1.807) is 49.6 Å². The third-order valence-corrected chi connectivity index (χ3v) is 5.93. The van der Waals surface area contributed by atoms with Gasteiger partial charge in [-0.05, 0) is 44.5 Å². The highest BCUT2D eigenvalue weighted by Gasteiger charge is 2.34. The summed E-state index contributed by atoms with van der Waals surface area (Å²) in [6.07, 6.45) is 6.94. The van der Waals surface area contributed by atoms with Gasteiger partial charge < -0.3 is 25.8 Å². The average molecular weight is 486 g/mol. The molecule has 0 amide bonds. The van der Waals surface area contributed by atoms with Gasteiger partial charge in [-0.15, -0.1) is 0 Å². The van der Waals surface area contributed by atoms with Gasteiger partial charge in [0.05, 0.1) is 29.7 Å². The summed E-state index contributed by atoms with van der Waals surface area (Å²) >= 11 is 0. The summed E-state index contributed by atoms with van der Waals surface area (Å²) in [5.41, 5.74) is 16.2. The van der Waals surface area contributed by atoms with Crippen LogP contribution in [0.25, 0.3) is 11.1 Å². The van der Waals surface area contributed by atoms with E-state index in [0.717, 1.165) is 11.3 Å². The van der Waals surface area contributed by atoms with Crippen LogP contribution in [0.15, 0.2) is 70.6 Å². The van der Waals surface area contributed by atoms with Crippen LogP contribution in [0.2, 0.25) is 0 Å². The van der Waals surface area contributed by atoms with Crippen LogP contribution in [-0.2, 0) is 11.8 Å². The highest BCUT2D eigenvalue weighted by Crippen LogP contribution is 2.41. The molecule has 4 N–H and O–H groups in total. The summed E-state index contributed by atoms with van der Waals surface area (Å²) in [6.45, 7) is 3.23. The van der Waals surface area contributed by atoms with Gasteiger partial charge in [0.25, 0.3) is 0 Å². The molecule has 0 spiro atoms. The number of hydrogen-bond donors (Lipinski definition) is 2. The molecular weight excluding hydrogens is 456 g/mol. The number of anilines is 1. The zero-order valence-corrected chi connectivity index (χ0v) is 20.3. The smallest absolute Gasteiger partial charge is 0.387 e. The largest absolute Gasteiger partial charge is 0.433 e. The highest BCUT2D eigenvalue weighted by molar-refractivity contribution is 6.02. The first-order chi connectivity index (χ1) is 16.5. The van der Waals surface area contributed by atoms with Crippen molar-refractivity contribution in [1.29, 1.82) is 0 Å². The summed E-state index contributed by atoms with van der Waals surface area (Å²) in [5, 5.41) is 4.15. The predicted molar refractivity (Wildman–Crippen MR) is 130 cm³/mol. The molecule has 2 aliphatic rings. The van der Waals surface area contributed by atoms with Crippen molar-refractivity contribution in [2.45, 2.75) is 33.0 Å². The molecule has 0 atom stereocenters. The van der Waals surface area contributed by atoms with Crippen molar-refractivity contribution in [2.24, 2.45) is 23.5 Å². The third-order valence-electron chi connectivity index (χ3n) is 5.93. The summed E-state index contributed by atoms with van der Waals surface area (Å²) in [6, 6.07) is 4.96. The molecule has 35 heavy (non-hydrogen) atoms. The van der Waals surface area contributed by atoms with Crippen molar-refractivity contribution in [3.8, 4) is 16.9 Å². The fraction of sp³-hybridized carbons (Fsp3) is 0.333. The Morgan fingerprint density at radius 2 is 1.91 bits per heavy atom. The normalized spacial score (nSPS) is 16.3. The lowest BCUT2D eigenvalue weighted by Crippen LogP contribution is -2.47. The highest BCUT2D eigenvalue weighted by atomic mass is 19.3. The monoisotopic (exact) mass is 485 g/mol. The maximum atomic E-state index is 13.5. The minimum atomic E-state index is -3.05. The quantitative estimate of drug-likeness (QED) is 0.618. The van der Waals surface area contributed by atoms with Crippen molar-refractivity contribution >= 4 is 11.6 Å². The number of aliphatic imine (C=N–C) groups is 1. The zero-order chi connectivity index (χ0) is 25.5. The molecule has 0 unspecified atom stereocenters. The minimum absolute atomic E-state index is 0.0684. The molecule has 3 heterocycles. The van der Waals surface area contributed by atoms with Gasteiger partial charge in [-0.2, -0.15) is 13.9 Å². The maximum Gasteiger partial charge on any atom is 0.387 e. The van der Waals surface area contributed by atoms with Crippen LogP contribution >= 0.6 is 0 Å². The summed E-state index contributed by atoms with van der Waals surface area (Å²) in [4.78, 5) is 7.72. The molecule has 0 aliphatic carbocycles.